The van der Waals surface area contributed by atoms with Crippen molar-refractivity contribution in [2.45, 2.75) is 72.6 Å². The maximum atomic E-state index is 12.9. The molecule has 0 aliphatic heterocycles. The third kappa shape index (κ3) is 8.03. The van der Waals surface area contributed by atoms with E-state index in [0.717, 1.165) is 17.7 Å². The third-order valence-electron chi connectivity index (χ3n) is 5.98. The number of aryl methyl sites for hydroxylation is 1. The van der Waals surface area contributed by atoms with E-state index in [-0.39, 0.29) is 0 Å². The van der Waals surface area contributed by atoms with E-state index in [0.29, 0.717) is 25.2 Å². The molecule has 0 unspecified atom stereocenters. The maximum Gasteiger partial charge on any atom is 0.408 e. The fraction of sp³-hybridized carbons (Fsp3) is 0.444. The summed E-state index contributed by atoms with van der Waals surface area (Å²) in [6.07, 6.45) is 3.79. The first kappa shape index (κ1) is 27.6. The first-order chi connectivity index (χ1) is 17.6. The van der Waals surface area contributed by atoms with Gasteiger partial charge in [-0.2, -0.15) is 10.2 Å². The van der Waals surface area contributed by atoms with Gasteiger partial charge in [0.1, 0.15) is 18.0 Å². The van der Waals surface area contributed by atoms with Crippen molar-refractivity contribution < 1.29 is 19.1 Å². The lowest BCUT2D eigenvalue weighted by molar-refractivity contribution is -0.136. The Bertz CT molecular complexity index is 1180. The number of carbonyl (C=O) groups is 3. The normalized spacial score (nSPS) is 13.0. The van der Waals surface area contributed by atoms with Gasteiger partial charge in [0.15, 0.2) is 0 Å². The number of unbranched alkanes of at least 4 members (excludes halogenated alkanes) is 1. The molecule has 3 aromatic rings. The van der Waals surface area contributed by atoms with E-state index >= 15 is 0 Å². The van der Waals surface area contributed by atoms with Crippen LogP contribution in [0.4, 0.5) is 10.6 Å². The number of nitrogens with zero attached hydrogens (tertiary/aromatic N) is 3. The van der Waals surface area contributed by atoms with Crippen molar-refractivity contribution in [2.24, 2.45) is 5.41 Å². The molecule has 37 heavy (non-hydrogen) atoms. The number of anilines is 1. The summed E-state index contributed by atoms with van der Waals surface area (Å²) in [5, 5.41) is 16.0. The summed E-state index contributed by atoms with van der Waals surface area (Å²) in [6, 6.07) is 10.5. The first-order valence-electron chi connectivity index (χ1n) is 12.5. The Morgan fingerprint density at radius 1 is 1.11 bits per heavy atom. The summed E-state index contributed by atoms with van der Waals surface area (Å²) in [4.78, 5) is 38.2. The number of ketones is 1. The number of aromatic amines is 1. The highest BCUT2D eigenvalue weighted by Gasteiger charge is 2.32. The number of H-pyrrole nitrogens is 1. The average Bonchev–Trinajstić information content (AvgIpc) is 3.53. The molecule has 0 aliphatic rings. The Balaban J connectivity index is 1.67. The molecule has 2 atom stereocenters. The highest BCUT2D eigenvalue weighted by molar-refractivity contribution is 6.42. The minimum atomic E-state index is -1.01. The van der Waals surface area contributed by atoms with E-state index in [1.165, 1.54) is 17.8 Å². The molecule has 198 valence electrons. The number of ether oxygens (including phenoxy) is 1. The second kappa shape index (κ2) is 12.3. The van der Waals surface area contributed by atoms with E-state index in [1.54, 1.807) is 4.68 Å². The average molecular weight is 509 g/mol. The minimum Gasteiger partial charge on any atom is -0.444 e. The smallest absolute Gasteiger partial charge is 0.408 e. The number of hydrogen-bond acceptors (Lipinski definition) is 6. The molecule has 10 nitrogen and oxygen atoms in total. The van der Waals surface area contributed by atoms with Crippen molar-refractivity contribution in [1.29, 1.82) is 0 Å². The van der Waals surface area contributed by atoms with Gasteiger partial charge in [-0.05, 0) is 19.4 Å². The number of alkyl carbamates (subject to hydrolysis) is 1. The quantitative estimate of drug-likeness (QED) is 0.327. The molecule has 3 N–H and O–H groups in total. The third-order valence-corrected chi connectivity index (χ3v) is 5.98. The van der Waals surface area contributed by atoms with Gasteiger partial charge >= 0.3 is 6.09 Å². The number of Topliss-reactive ketones (excluding diaryl/α,β-unsaturated/α-hetero) is 1. The molecular formula is C27H36N6O4. The Morgan fingerprint density at radius 3 is 2.46 bits per heavy atom. The molecule has 0 fully saturated rings. The number of aromatic nitrogens is 4. The maximum absolute atomic E-state index is 12.9. The van der Waals surface area contributed by atoms with Gasteiger partial charge < -0.3 is 15.4 Å². The van der Waals surface area contributed by atoms with Gasteiger partial charge in [0, 0.05) is 23.2 Å². The first-order valence-corrected chi connectivity index (χ1v) is 12.5. The van der Waals surface area contributed by atoms with Gasteiger partial charge in [-0.3, -0.25) is 19.4 Å². The number of rotatable bonds is 11. The molecule has 2 aromatic heterocycles. The minimum absolute atomic E-state index is 0.298. The summed E-state index contributed by atoms with van der Waals surface area (Å²) >= 11 is 0. The summed E-state index contributed by atoms with van der Waals surface area (Å²) in [6.45, 7) is 10.2. The van der Waals surface area contributed by atoms with Crippen LogP contribution in [0.5, 0.6) is 0 Å². The second-order valence-electron chi connectivity index (χ2n) is 10.2. The number of nitrogens with one attached hydrogen (secondary N) is 3. The molecule has 0 bridgehead atoms. The molecular weight excluding hydrogens is 472 g/mol. The zero-order valence-electron chi connectivity index (χ0n) is 22.1. The highest BCUT2D eigenvalue weighted by atomic mass is 16.6. The van der Waals surface area contributed by atoms with Gasteiger partial charge in [-0.15, -0.1) is 0 Å². The Kier molecular flexibility index (Phi) is 9.21. The van der Waals surface area contributed by atoms with E-state index in [4.69, 9.17) is 4.74 Å². The second-order valence-corrected chi connectivity index (χ2v) is 10.2. The number of carbonyl (C=O) groups excluding carboxylic acids is 3. The molecule has 0 radical (unpaired) electrons. The standard InChI is InChI=1S/C27H36N6O4/c1-6-7-8-21(24(34)25(35)30-23-13-15-28-31-23)29-26(36)37-22(27(3,4)5)17-33-16-14-20(32-33)19-11-9-18(2)10-12-19/h9-16,21-22H,6-8,17H2,1-5H3,(H,29,36)(H2,28,30,31,35)/t21-,22-/m0/s1. The van der Waals surface area contributed by atoms with Crippen molar-refractivity contribution in [2.75, 3.05) is 5.32 Å². The molecule has 2 amide bonds. The summed E-state index contributed by atoms with van der Waals surface area (Å²) in [5.41, 5.74) is 2.59. The van der Waals surface area contributed by atoms with E-state index in [9.17, 15) is 14.4 Å². The van der Waals surface area contributed by atoms with Crippen LogP contribution in [0.25, 0.3) is 11.3 Å². The molecule has 0 saturated heterocycles. The largest absolute Gasteiger partial charge is 0.444 e. The lowest BCUT2D eigenvalue weighted by atomic mass is 9.89. The van der Waals surface area contributed by atoms with Crippen molar-refractivity contribution in [1.82, 2.24) is 25.3 Å². The van der Waals surface area contributed by atoms with Crippen molar-refractivity contribution in [3.8, 4) is 11.3 Å². The zero-order chi connectivity index (χ0) is 27.0. The lowest BCUT2D eigenvalue weighted by Gasteiger charge is -2.30. The fourth-order valence-corrected chi connectivity index (χ4v) is 3.65. The van der Waals surface area contributed by atoms with Crippen LogP contribution in [-0.4, -0.2) is 49.9 Å². The van der Waals surface area contributed by atoms with Crippen LogP contribution >= 0.6 is 0 Å². The molecule has 3 rings (SSSR count). The van der Waals surface area contributed by atoms with Crippen LogP contribution < -0.4 is 10.6 Å². The van der Waals surface area contributed by atoms with Crippen LogP contribution in [-0.2, 0) is 20.9 Å². The van der Waals surface area contributed by atoms with Crippen LogP contribution in [0.15, 0.2) is 48.8 Å². The van der Waals surface area contributed by atoms with Crippen LogP contribution in [0.3, 0.4) is 0 Å². The van der Waals surface area contributed by atoms with Gasteiger partial charge in [-0.25, -0.2) is 4.79 Å². The Morgan fingerprint density at radius 2 is 1.84 bits per heavy atom. The molecule has 0 aliphatic carbocycles. The Labute approximate surface area is 217 Å². The van der Waals surface area contributed by atoms with Gasteiger partial charge in [-0.1, -0.05) is 70.4 Å². The van der Waals surface area contributed by atoms with Crippen LogP contribution in [0.2, 0.25) is 0 Å². The SMILES string of the molecule is CCCC[C@H](NC(=O)O[C@@H](Cn1ccc(-c2ccc(C)cc2)n1)C(C)(C)C)C(=O)C(=O)Nc1ccn[nH]1. The van der Waals surface area contributed by atoms with Gasteiger partial charge in [0.2, 0.25) is 5.78 Å². The van der Waals surface area contributed by atoms with E-state index < -0.39 is 35.3 Å². The molecule has 0 saturated carbocycles. The summed E-state index contributed by atoms with van der Waals surface area (Å²) < 4.78 is 7.53. The monoisotopic (exact) mass is 508 g/mol. The van der Waals surface area contributed by atoms with Crippen molar-refractivity contribution in [3.05, 3.63) is 54.4 Å². The summed E-state index contributed by atoms with van der Waals surface area (Å²) in [7, 11) is 0. The lowest BCUT2D eigenvalue weighted by Crippen LogP contribution is -2.48. The fourth-order valence-electron chi connectivity index (χ4n) is 3.65. The highest BCUT2D eigenvalue weighted by Crippen LogP contribution is 2.25. The zero-order valence-corrected chi connectivity index (χ0v) is 22.1. The molecule has 2 heterocycles. The van der Waals surface area contributed by atoms with E-state index in [2.05, 4.69) is 25.9 Å². The predicted octanol–water partition coefficient (Wildman–Crippen LogP) is 4.49. The van der Waals surface area contributed by atoms with Crippen molar-refractivity contribution >= 4 is 23.6 Å². The number of hydrogen-bond donors (Lipinski definition) is 3. The molecule has 0 spiro atoms. The molecule has 1 aromatic carbocycles. The van der Waals surface area contributed by atoms with E-state index in [1.807, 2.05) is 71.1 Å². The van der Waals surface area contributed by atoms with Crippen LogP contribution in [0.1, 0.15) is 52.5 Å². The number of benzene rings is 1. The topological polar surface area (TPSA) is 131 Å². The number of amides is 2. The van der Waals surface area contributed by atoms with Gasteiger partial charge in [0.25, 0.3) is 5.91 Å². The molecule has 10 heteroatoms. The predicted molar refractivity (Wildman–Crippen MR) is 141 cm³/mol. The Hall–Kier alpha value is -3.95. The van der Waals surface area contributed by atoms with Crippen LogP contribution in [0, 0.1) is 12.3 Å². The van der Waals surface area contributed by atoms with Gasteiger partial charge in [0.05, 0.1) is 18.4 Å². The summed E-state index contributed by atoms with van der Waals surface area (Å²) in [5.74, 6) is -1.28. The van der Waals surface area contributed by atoms with Crippen molar-refractivity contribution in [3.63, 3.8) is 0 Å².